The summed E-state index contributed by atoms with van der Waals surface area (Å²) in [6, 6.07) is 5.23. The number of hydrogen-bond acceptors (Lipinski definition) is 3. The largest absolute Gasteiger partial charge is 0.393 e. The zero-order chi connectivity index (χ0) is 10.3. The lowest BCUT2D eigenvalue weighted by atomic mass is 9.99. The van der Waals surface area contributed by atoms with Crippen LogP contribution in [0.4, 0.5) is 5.69 Å². The van der Waals surface area contributed by atoms with Crippen molar-refractivity contribution in [1.29, 1.82) is 0 Å². The standard InChI is InChI=1S/C12H16N2O/c15-12-7-10-1-2-11(8-12)14(10)9-3-5-13-6-4-9/h3-6,10-12,15H,1-2,7-8H2/t10-,11+,12?. The molecule has 2 fully saturated rings. The lowest BCUT2D eigenvalue weighted by Crippen LogP contribution is -2.44. The average Bonchev–Trinajstić information content (AvgIpc) is 2.53. The Balaban J connectivity index is 1.89. The SMILES string of the molecule is OC1C[C@H]2CC[C@@H](C1)N2c1ccncc1. The molecule has 3 atom stereocenters. The minimum atomic E-state index is -0.0828. The van der Waals surface area contributed by atoms with E-state index in [4.69, 9.17) is 0 Å². The number of aromatic nitrogens is 1. The summed E-state index contributed by atoms with van der Waals surface area (Å²) in [6.07, 6.45) is 7.92. The van der Waals surface area contributed by atoms with Gasteiger partial charge in [-0.15, -0.1) is 0 Å². The van der Waals surface area contributed by atoms with Gasteiger partial charge >= 0.3 is 0 Å². The van der Waals surface area contributed by atoms with Crippen molar-refractivity contribution in [2.45, 2.75) is 43.9 Å². The van der Waals surface area contributed by atoms with Crippen LogP contribution in [0.3, 0.4) is 0 Å². The van der Waals surface area contributed by atoms with E-state index in [2.05, 4.69) is 22.0 Å². The summed E-state index contributed by atoms with van der Waals surface area (Å²) in [5, 5.41) is 9.72. The molecule has 80 valence electrons. The summed E-state index contributed by atoms with van der Waals surface area (Å²) >= 11 is 0. The number of aliphatic hydroxyl groups is 1. The van der Waals surface area contributed by atoms with Gasteiger partial charge in [-0.1, -0.05) is 0 Å². The van der Waals surface area contributed by atoms with Gasteiger partial charge in [-0.2, -0.15) is 0 Å². The van der Waals surface area contributed by atoms with Crippen molar-refractivity contribution in [3.05, 3.63) is 24.5 Å². The van der Waals surface area contributed by atoms with Gasteiger partial charge in [0, 0.05) is 30.2 Å². The number of fused-ring (bicyclic) bond motifs is 2. The monoisotopic (exact) mass is 204 g/mol. The molecular formula is C12H16N2O. The number of hydrogen-bond donors (Lipinski definition) is 1. The second kappa shape index (κ2) is 3.49. The number of aliphatic hydroxyl groups excluding tert-OH is 1. The topological polar surface area (TPSA) is 36.4 Å². The number of piperidine rings is 1. The summed E-state index contributed by atoms with van der Waals surface area (Å²) in [4.78, 5) is 6.53. The molecule has 1 unspecified atom stereocenters. The summed E-state index contributed by atoms with van der Waals surface area (Å²) in [6.45, 7) is 0. The van der Waals surface area contributed by atoms with E-state index in [1.165, 1.54) is 18.5 Å². The zero-order valence-corrected chi connectivity index (χ0v) is 8.71. The molecule has 3 heterocycles. The summed E-state index contributed by atoms with van der Waals surface area (Å²) < 4.78 is 0. The highest BCUT2D eigenvalue weighted by atomic mass is 16.3. The van der Waals surface area contributed by atoms with Crippen molar-refractivity contribution in [2.24, 2.45) is 0 Å². The smallest absolute Gasteiger partial charge is 0.0579 e. The molecule has 0 aliphatic carbocycles. The van der Waals surface area contributed by atoms with Crippen molar-refractivity contribution in [2.75, 3.05) is 4.90 Å². The molecule has 2 bridgehead atoms. The van der Waals surface area contributed by atoms with Crippen molar-refractivity contribution in [3.63, 3.8) is 0 Å². The minimum Gasteiger partial charge on any atom is -0.393 e. The van der Waals surface area contributed by atoms with Gasteiger partial charge in [0.2, 0.25) is 0 Å². The highest BCUT2D eigenvalue weighted by molar-refractivity contribution is 5.49. The highest BCUT2D eigenvalue weighted by Crippen LogP contribution is 2.38. The van der Waals surface area contributed by atoms with Gasteiger partial charge in [0.05, 0.1) is 6.10 Å². The fraction of sp³-hybridized carbons (Fsp3) is 0.583. The molecule has 0 saturated carbocycles. The molecule has 3 rings (SSSR count). The fourth-order valence-electron chi connectivity index (χ4n) is 3.09. The molecule has 1 aromatic heterocycles. The molecule has 2 aliphatic rings. The van der Waals surface area contributed by atoms with Crippen LogP contribution < -0.4 is 4.90 Å². The van der Waals surface area contributed by atoms with Crippen LogP contribution in [0.1, 0.15) is 25.7 Å². The van der Waals surface area contributed by atoms with Gasteiger partial charge in [0.25, 0.3) is 0 Å². The summed E-state index contributed by atoms with van der Waals surface area (Å²) in [5.74, 6) is 0. The molecule has 2 aliphatic heterocycles. The number of rotatable bonds is 1. The lowest BCUT2D eigenvalue weighted by molar-refractivity contribution is 0.126. The Morgan fingerprint density at radius 1 is 1.13 bits per heavy atom. The molecule has 0 amide bonds. The Kier molecular flexibility index (Phi) is 2.13. The third kappa shape index (κ3) is 1.51. The number of pyridine rings is 1. The summed E-state index contributed by atoms with van der Waals surface area (Å²) in [5.41, 5.74) is 1.27. The van der Waals surface area contributed by atoms with Crippen LogP contribution >= 0.6 is 0 Å². The average molecular weight is 204 g/mol. The molecule has 15 heavy (non-hydrogen) atoms. The molecular weight excluding hydrogens is 188 g/mol. The molecule has 1 N–H and O–H groups in total. The molecule has 0 aromatic carbocycles. The maximum absolute atomic E-state index is 9.72. The lowest BCUT2D eigenvalue weighted by Gasteiger charge is -2.38. The molecule has 3 nitrogen and oxygen atoms in total. The van der Waals surface area contributed by atoms with Crippen LogP contribution in [0.2, 0.25) is 0 Å². The van der Waals surface area contributed by atoms with E-state index in [1.54, 1.807) is 0 Å². The third-order valence-electron chi connectivity index (χ3n) is 3.67. The first-order valence-corrected chi connectivity index (χ1v) is 5.71. The van der Waals surface area contributed by atoms with Crippen LogP contribution in [0.15, 0.2) is 24.5 Å². The Hall–Kier alpha value is -1.09. The van der Waals surface area contributed by atoms with Gasteiger partial charge in [-0.25, -0.2) is 0 Å². The van der Waals surface area contributed by atoms with Gasteiger partial charge in [-0.05, 0) is 37.8 Å². The zero-order valence-electron chi connectivity index (χ0n) is 8.71. The van der Waals surface area contributed by atoms with Gasteiger partial charge in [0.15, 0.2) is 0 Å². The molecule has 0 spiro atoms. The highest BCUT2D eigenvalue weighted by Gasteiger charge is 2.39. The molecule has 0 radical (unpaired) electrons. The molecule has 1 aromatic rings. The van der Waals surface area contributed by atoms with Crippen molar-refractivity contribution >= 4 is 5.69 Å². The molecule has 3 heteroatoms. The van der Waals surface area contributed by atoms with Crippen LogP contribution in [0.25, 0.3) is 0 Å². The van der Waals surface area contributed by atoms with Crippen molar-refractivity contribution < 1.29 is 5.11 Å². The minimum absolute atomic E-state index is 0.0828. The fourth-order valence-corrected chi connectivity index (χ4v) is 3.09. The van der Waals surface area contributed by atoms with Crippen molar-refractivity contribution in [3.8, 4) is 0 Å². The van der Waals surface area contributed by atoms with Gasteiger partial charge in [0.1, 0.15) is 0 Å². The van der Waals surface area contributed by atoms with E-state index >= 15 is 0 Å². The first-order valence-electron chi connectivity index (χ1n) is 5.71. The Morgan fingerprint density at radius 2 is 1.73 bits per heavy atom. The van der Waals surface area contributed by atoms with E-state index < -0.39 is 0 Å². The first-order chi connectivity index (χ1) is 7.34. The van der Waals surface area contributed by atoms with E-state index in [0.717, 1.165) is 12.8 Å². The number of nitrogens with zero attached hydrogens (tertiary/aromatic N) is 2. The number of anilines is 1. The maximum Gasteiger partial charge on any atom is 0.0579 e. The van der Waals surface area contributed by atoms with Crippen LogP contribution in [0.5, 0.6) is 0 Å². The van der Waals surface area contributed by atoms with Gasteiger partial charge in [-0.3, -0.25) is 4.98 Å². The molecule has 2 saturated heterocycles. The van der Waals surface area contributed by atoms with Crippen LogP contribution in [0, 0.1) is 0 Å². The third-order valence-corrected chi connectivity index (χ3v) is 3.67. The Bertz CT molecular complexity index is 327. The predicted molar refractivity (Wildman–Crippen MR) is 58.8 cm³/mol. The maximum atomic E-state index is 9.72. The van der Waals surface area contributed by atoms with E-state index in [9.17, 15) is 5.11 Å². The second-order valence-electron chi connectivity index (χ2n) is 4.62. The van der Waals surface area contributed by atoms with E-state index in [-0.39, 0.29) is 6.10 Å². The Labute approximate surface area is 89.7 Å². The van der Waals surface area contributed by atoms with Gasteiger partial charge < -0.3 is 10.0 Å². The quantitative estimate of drug-likeness (QED) is 0.754. The predicted octanol–water partition coefficient (Wildman–Crippen LogP) is 1.57. The summed E-state index contributed by atoms with van der Waals surface area (Å²) in [7, 11) is 0. The van der Waals surface area contributed by atoms with Crippen LogP contribution in [-0.4, -0.2) is 28.3 Å². The van der Waals surface area contributed by atoms with Crippen molar-refractivity contribution in [1.82, 2.24) is 4.98 Å². The van der Waals surface area contributed by atoms with Crippen LogP contribution in [-0.2, 0) is 0 Å². The van der Waals surface area contributed by atoms with E-state index in [1.807, 2.05) is 12.4 Å². The second-order valence-corrected chi connectivity index (χ2v) is 4.62. The van der Waals surface area contributed by atoms with E-state index in [0.29, 0.717) is 12.1 Å². The normalized spacial score (nSPS) is 34.5. The first kappa shape index (κ1) is 9.16. The Morgan fingerprint density at radius 3 is 2.33 bits per heavy atom.